The molecule has 1 unspecified atom stereocenters. The molecule has 0 bridgehead atoms. The van der Waals surface area contributed by atoms with Crippen molar-refractivity contribution in [1.82, 2.24) is 4.90 Å². The van der Waals surface area contributed by atoms with E-state index in [9.17, 15) is 0 Å². The second-order valence-corrected chi connectivity index (χ2v) is 4.86. The zero-order valence-electron chi connectivity index (χ0n) is 11.1. The van der Waals surface area contributed by atoms with Crippen LogP contribution in [-0.4, -0.2) is 43.4 Å². The average molecular weight is 249 g/mol. The van der Waals surface area contributed by atoms with Crippen molar-refractivity contribution in [2.45, 2.75) is 25.3 Å². The maximum Gasteiger partial charge on any atom is 0.0589 e. The molecule has 1 N–H and O–H groups in total. The van der Waals surface area contributed by atoms with Gasteiger partial charge in [-0.3, -0.25) is 4.90 Å². The Balaban J connectivity index is 2.06. The van der Waals surface area contributed by atoms with Crippen LogP contribution in [0.25, 0.3) is 0 Å². The van der Waals surface area contributed by atoms with Crippen molar-refractivity contribution >= 4 is 0 Å². The van der Waals surface area contributed by atoms with Crippen molar-refractivity contribution in [2.75, 3.05) is 33.4 Å². The van der Waals surface area contributed by atoms with E-state index >= 15 is 0 Å². The minimum atomic E-state index is 0.262. The van der Waals surface area contributed by atoms with E-state index in [4.69, 9.17) is 9.84 Å². The van der Waals surface area contributed by atoms with Crippen LogP contribution in [0.15, 0.2) is 24.3 Å². The summed E-state index contributed by atoms with van der Waals surface area (Å²) >= 11 is 0. The fraction of sp³-hybridized carbons (Fsp3) is 0.600. The van der Waals surface area contributed by atoms with Gasteiger partial charge in [-0.25, -0.2) is 0 Å². The number of aliphatic hydroxyl groups is 1. The summed E-state index contributed by atoms with van der Waals surface area (Å²) < 4.78 is 5.20. The summed E-state index contributed by atoms with van der Waals surface area (Å²) in [4.78, 5) is 2.45. The van der Waals surface area contributed by atoms with Crippen LogP contribution < -0.4 is 0 Å². The highest BCUT2D eigenvalue weighted by Crippen LogP contribution is 2.35. The highest BCUT2D eigenvalue weighted by atomic mass is 16.5. The van der Waals surface area contributed by atoms with Crippen LogP contribution in [-0.2, 0) is 11.2 Å². The molecule has 1 aliphatic carbocycles. The molecule has 0 saturated carbocycles. The number of aryl methyl sites for hydroxylation is 1. The molecule has 0 fully saturated rings. The molecule has 100 valence electrons. The molecule has 18 heavy (non-hydrogen) atoms. The summed E-state index contributed by atoms with van der Waals surface area (Å²) in [6.45, 7) is 2.90. The van der Waals surface area contributed by atoms with Gasteiger partial charge < -0.3 is 9.84 Å². The first-order valence-electron chi connectivity index (χ1n) is 6.78. The van der Waals surface area contributed by atoms with Crippen molar-refractivity contribution in [3.05, 3.63) is 35.4 Å². The van der Waals surface area contributed by atoms with Gasteiger partial charge in [0, 0.05) is 32.8 Å². The zero-order valence-corrected chi connectivity index (χ0v) is 11.1. The molecule has 1 aromatic rings. The topological polar surface area (TPSA) is 32.7 Å². The summed E-state index contributed by atoms with van der Waals surface area (Å²) in [6.07, 6.45) is 3.19. The van der Waals surface area contributed by atoms with Gasteiger partial charge in [-0.1, -0.05) is 24.3 Å². The minimum Gasteiger partial charge on any atom is -0.396 e. The normalized spacial score (nSPS) is 18.3. The number of hydrogen-bond donors (Lipinski definition) is 1. The lowest BCUT2D eigenvalue weighted by Crippen LogP contribution is -2.32. The van der Waals surface area contributed by atoms with E-state index in [-0.39, 0.29) is 6.61 Å². The second kappa shape index (κ2) is 6.88. The Bertz CT molecular complexity index is 359. The van der Waals surface area contributed by atoms with Crippen LogP contribution >= 0.6 is 0 Å². The third-order valence-corrected chi connectivity index (χ3v) is 3.73. The van der Waals surface area contributed by atoms with Gasteiger partial charge >= 0.3 is 0 Å². The lowest BCUT2D eigenvalue weighted by atomic mass is 10.1. The van der Waals surface area contributed by atoms with Crippen LogP contribution in [0.3, 0.4) is 0 Å². The van der Waals surface area contributed by atoms with Gasteiger partial charge in [-0.2, -0.15) is 0 Å². The summed E-state index contributed by atoms with van der Waals surface area (Å²) in [7, 11) is 1.74. The monoisotopic (exact) mass is 249 g/mol. The smallest absolute Gasteiger partial charge is 0.0589 e. The number of fused-ring (bicyclic) bond motifs is 1. The Labute approximate surface area is 109 Å². The predicted molar refractivity (Wildman–Crippen MR) is 72.7 cm³/mol. The van der Waals surface area contributed by atoms with E-state index in [1.54, 1.807) is 7.11 Å². The molecule has 0 aliphatic heterocycles. The van der Waals surface area contributed by atoms with Gasteiger partial charge in [0.1, 0.15) is 0 Å². The van der Waals surface area contributed by atoms with Crippen molar-refractivity contribution in [2.24, 2.45) is 0 Å². The molecule has 0 saturated heterocycles. The van der Waals surface area contributed by atoms with E-state index in [1.807, 2.05) is 0 Å². The van der Waals surface area contributed by atoms with E-state index in [1.165, 1.54) is 24.0 Å². The van der Waals surface area contributed by atoms with Gasteiger partial charge in [0.15, 0.2) is 0 Å². The highest BCUT2D eigenvalue weighted by molar-refractivity contribution is 5.34. The van der Waals surface area contributed by atoms with E-state index < -0.39 is 0 Å². The Morgan fingerprint density at radius 2 is 2.17 bits per heavy atom. The van der Waals surface area contributed by atoms with Crippen molar-refractivity contribution in [1.29, 1.82) is 0 Å². The molecule has 1 aromatic carbocycles. The van der Waals surface area contributed by atoms with Gasteiger partial charge in [0.2, 0.25) is 0 Å². The number of nitrogens with zero attached hydrogens (tertiary/aromatic N) is 1. The fourth-order valence-electron chi connectivity index (χ4n) is 2.82. The molecule has 0 spiro atoms. The summed E-state index contributed by atoms with van der Waals surface area (Å²) in [6, 6.07) is 9.22. The van der Waals surface area contributed by atoms with Crippen molar-refractivity contribution in [3.63, 3.8) is 0 Å². The molecule has 1 aliphatic rings. The van der Waals surface area contributed by atoms with Gasteiger partial charge in [0.25, 0.3) is 0 Å². The third-order valence-electron chi connectivity index (χ3n) is 3.73. The molecule has 0 radical (unpaired) electrons. The van der Waals surface area contributed by atoms with E-state index in [0.29, 0.717) is 6.04 Å². The van der Waals surface area contributed by atoms with E-state index in [2.05, 4.69) is 29.2 Å². The van der Waals surface area contributed by atoms with E-state index in [0.717, 1.165) is 26.1 Å². The molecule has 0 heterocycles. The lowest BCUT2D eigenvalue weighted by Gasteiger charge is -2.29. The second-order valence-electron chi connectivity index (χ2n) is 4.86. The summed E-state index contributed by atoms with van der Waals surface area (Å²) in [5.41, 5.74) is 2.94. The molecule has 3 heteroatoms. The Kier molecular flexibility index (Phi) is 5.17. The fourth-order valence-corrected chi connectivity index (χ4v) is 2.82. The minimum absolute atomic E-state index is 0.262. The van der Waals surface area contributed by atoms with Crippen LogP contribution in [0.4, 0.5) is 0 Å². The SMILES string of the molecule is COCCN(CCCO)C1CCc2ccccc21. The van der Waals surface area contributed by atoms with Crippen LogP contribution in [0.5, 0.6) is 0 Å². The van der Waals surface area contributed by atoms with Crippen LogP contribution in [0.1, 0.15) is 30.0 Å². The molecular formula is C15H23NO2. The average Bonchev–Trinajstić information content (AvgIpc) is 2.83. The maximum absolute atomic E-state index is 9.02. The number of hydrogen-bond acceptors (Lipinski definition) is 3. The number of methoxy groups -OCH3 is 1. The van der Waals surface area contributed by atoms with Crippen LogP contribution in [0.2, 0.25) is 0 Å². The van der Waals surface area contributed by atoms with Gasteiger partial charge in [0.05, 0.1) is 6.61 Å². The molecule has 3 nitrogen and oxygen atoms in total. The Hall–Kier alpha value is -0.900. The first-order chi connectivity index (χ1) is 8.86. The number of benzene rings is 1. The Morgan fingerprint density at radius 3 is 2.94 bits per heavy atom. The number of aliphatic hydroxyl groups excluding tert-OH is 1. The maximum atomic E-state index is 9.02. The lowest BCUT2D eigenvalue weighted by molar-refractivity contribution is 0.112. The molecule has 1 atom stereocenters. The standard InChI is InChI=1S/C15H23NO2/c1-18-12-10-16(9-4-11-17)15-8-7-13-5-2-3-6-14(13)15/h2-3,5-6,15,17H,4,7-12H2,1H3. The van der Waals surface area contributed by atoms with Crippen molar-refractivity contribution < 1.29 is 9.84 Å². The zero-order chi connectivity index (χ0) is 12.8. The number of ether oxygens (including phenoxy) is 1. The first kappa shape index (κ1) is 13.5. The molecule has 0 aromatic heterocycles. The third kappa shape index (κ3) is 3.10. The predicted octanol–water partition coefficient (Wildman–Crippen LogP) is 2.00. The summed E-state index contributed by atoms with van der Waals surface area (Å²) in [5, 5.41) is 9.02. The Morgan fingerprint density at radius 1 is 1.33 bits per heavy atom. The molecule has 0 amide bonds. The highest BCUT2D eigenvalue weighted by Gasteiger charge is 2.26. The molecular weight excluding hydrogens is 226 g/mol. The summed E-state index contributed by atoms with van der Waals surface area (Å²) in [5.74, 6) is 0. The van der Waals surface area contributed by atoms with Gasteiger partial charge in [-0.15, -0.1) is 0 Å². The first-order valence-corrected chi connectivity index (χ1v) is 6.78. The number of rotatable bonds is 7. The van der Waals surface area contributed by atoms with Crippen LogP contribution in [0, 0.1) is 0 Å². The molecule has 2 rings (SSSR count). The quantitative estimate of drug-likeness (QED) is 0.802. The largest absolute Gasteiger partial charge is 0.396 e. The van der Waals surface area contributed by atoms with Gasteiger partial charge in [-0.05, 0) is 30.4 Å². The van der Waals surface area contributed by atoms with Crippen molar-refractivity contribution in [3.8, 4) is 0 Å².